The van der Waals surface area contributed by atoms with Crippen molar-refractivity contribution in [2.45, 2.75) is 32.1 Å². The molecule has 2 aromatic heterocycles. The number of methoxy groups -OCH3 is 1. The molecular formula is C24H21ClO3. The molecule has 0 unspecified atom stereocenters. The third kappa shape index (κ3) is 2.50. The fourth-order valence-electron chi connectivity index (χ4n) is 4.41. The average molecular weight is 393 g/mol. The van der Waals surface area contributed by atoms with Gasteiger partial charge in [-0.1, -0.05) is 30.7 Å². The molecule has 2 heterocycles. The van der Waals surface area contributed by atoms with Gasteiger partial charge in [0.05, 0.1) is 12.7 Å². The average Bonchev–Trinajstić information content (AvgIpc) is 3.23. The van der Waals surface area contributed by atoms with Gasteiger partial charge in [-0.2, -0.15) is 0 Å². The molecule has 4 heteroatoms. The SMILES string of the molecule is COc1ccc([C@]2(C)CCc3oc4ccc(Cl)cc4c3-c3oc(C)cc32)cc1. The Morgan fingerprint density at radius 3 is 2.57 bits per heavy atom. The first-order valence-electron chi connectivity index (χ1n) is 9.46. The highest BCUT2D eigenvalue weighted by atomic mass is 35.5. The first kappa shape index (κ1) is 17.4. The maximum Gasteiger partial charge on any atom is 0.142 e. The maximum atomic E-state index is 6.29. The van der Waals surface area contributed by atoms with Crippen LogP contribution in [0.1, 0.15) is 36.0 Å². The van der Waals surface area contributed by atoms with Crippen molar-refractivity contribution in [2.75, 3.05) is 7.11 Å². The van der Waals surface area contributed by atoms with Gasteiger partial charge in [0.25, 0.3) is 0 Å². The van der Waals surface area contributed by atoms with Crippen molar-refractivity contribution >= 4 is 22.6 Å². The van der Waals surface area contributed by atoms with E-state index in [1.54, 1.807) is 7.11 Å². The number of ether oxygens (including phenoxy) is 1. The van der Waals surface area contributed by atoms with E-state index in [9.17, 15) is 0 Å². The Labute approximate surface area is 168 Å². The molecule has 1 aliphatic rings. The molecule has 1 aliphatic carbocycles. The summed E-state index contributed by atoms with van der Waals surface area (Å²) in [6, 6.07) is 16.3. The number of furan rings is 2. The molecule has 0 fully saturated rings. The monoisotopic (exact) mass is 392 g/mol. The second-order valence-corrected chi connectivity index (χ2v) is 8.14. The van der Waals surface area contributed by atoms with Gasteiger partial charge in [-0.05, 0) is 55.3 Å². The van der Waals surface area contributed by atoms with Gasteiger partial charge in [0.15, 0.2) is 0 Å². The van der Waals surface area contributed by atoms with E-state index in [0.29, 0.717) is 5.02 Å². The number of halogens is 1. The molecule has 0 bridgehead atoms. The van der Waals surface area contributed by atoms with E-state index in [0.717, 1.165) is 52.4 Å². The summed E-state index contributed by atoms with van der Waals surface area (Å²) in [4.78, 5) is 0. The van der Waals surface area contributed by atoms with E-state index < -0.39 is 0 Å². The van der Waals surface area contributed by atoms with Crippen LogP contribution >= 0.6 is 11.6 Å². The second-order valence-electron chi connectivity index (χ2n) is 7.70. The van der Waals surface area contributed by atoms with Gasteiger partial charge in [0.2, 0.25) is 0 Å². The summed E-state index contributed by atoms with van der Waals surface area (Å²) in [6.45, 7) is 4.28. The zero-order valence-corrected chi connectivity index (χ0v) is 16.9. The highest BCUT2D eigenvalue weighted by Crippen LogP contribution is 2.50. The van der Waals surface area contributed by atoms with Crippen LogP contribution in [0, 0.1) is 6.92 Å². The maximum absolute atomic E-state index is 6.29. The Morgan fingerprint density at radius 2 is 1.82 bits per heavy atom. The largest absolute Gasteiger partial charge is 0.497 e. The van der Waals surface area contributed by atoms with Gasteiger partial charge in [0.1, 0.15) is 28.6 Å². The Kier molecular flexibility index (Phi) is 3.85. The van der Waals surface area contributed by atoms with Crippen LogP contribution in [0.4, 0.5) is 0 Å². The lowest BCUT2D eigenvalue weighted by molar-refractivity contribution is 0.413. The molecule has 0 radical (unpaired) electrons. The number of hydrogen-bond acceptors (Lipinski definition) is 3. The summed E-state index contributed by atoms with van der Waals surface area (Å²) in [5, 5.41) is 1.71. The summed E-state index contributed by atoms with van der Waals surface area (Å²) < 4.78 is 17.8. The Hall–Kier alpha value is -2.65. The van der Waals surface area contributed by atoms with Crippen molar-refractivity contribution in [2.24, 2.45) is 0 Å². The van der Waals surface area contributed by atoms with Crippen molar-refractivity contribution in [3.05, 3.63) is 76.2 Å². The predicted molar refractivity (Wildman–Crippen MR) is 111 cm³/mol. The van der Waals surface area contributed by atoms with E-state index in [2.05, 4.69) is 25.1 Å². The van der Waals surface area contributed by atoms with Gasteiger partial charge in [0, 0.05) is 27.8 Å². The van der Waals surface area contributed by atoms with Crippen molar-refractivity contribution < 1.29 is 13.6 Å². The van der Waals surface area contributed by atoms with Gasteiger partial charge >= 0.3 is 0 Å². The molecular weight excluding hydrogens is 372 g/mol. The molecule has 3 nitrogen and oxygen atoms in total. The predicted octanol–water partition coefficient (Wildman–Crippen LogP) is 6.92. The standard InChI is InChI=1S/C24H21ClO3/c1-14-12-19-23(27-14)22-18-13-16(25)6-9-20(18)28-21(22)10-11-24(19,2)15-4-7-17(26-3)8-5-15/h4-9,12-13H,10-11H2,1-3H3/t24-/m0/s1. The minimum absolute atomic E-state index is 0.189. The van der Waals surface area contributed by atoms with Crippen molar-refractivity contribution in [1.82, 2.24) is 0 Å². The third-order valence-electron chi connectivity index (χ3n) is 5.98. The highest BCUT2D eigenvalue weighted by Gasteiger charge is 2.38. The summed E-state index contributed by atoms with van der Waals surface area (Å²) in [5.41, 5.74) is 4.13. The van der Waals surface area contributed by atoms with E-state index in [1.807, 2.05) is 37.3 Å². The number of hydrogen-bond donors (Lipinski definition) is 0. The van der Waals surface area contributed by atoms with Crippen LogP contribution in [-0.2, 0) is 11.8 Å². The third-order valence-corrected chi connectivity index (χ3v) is 6.21. The van der Waals surface area contributed by atoms with E-state index in [1.165, 1.54) is 11.1 Å². The van der Waals surface area contributed by atoms with Crippen LogP contribution in [0.2, 0.25) is 5.02 Å². The van der Waals surface area contributed by atoms with E-state index in [-0.39, 0.29) is 5.41 Å². The molecule has 142 valence electrons. The quantitative estimate of drug-likeness (QED) is 0.371. The minimum atomic E-state index is -0.189. The Morgan fingerprint density at radius 1 is 1.04 bits per heavy atom. The van der Waals surface area contributed by atoms with Crippen LogP contribution in [0.5, 0.6) is 5.75 Å². The molecule has 0 amide bonds. The topological polar surface area (TPSA) is 35.5 Å². The smallest absolute Gasteiger partial charge is 0.142 e. The van der Waals surface area contributed by atoms with Crippen molar-refractivity contribution in [3.63, 3.8) is 0 Å². The first-order chi connectivity index (χ1) is 13.5. The highest BCUT2D eigenvalue weighted by molar-refractivity contribution is 6.31. The molecule has 5 rings (SSSR count). The Bertz CT molecular complexity index is 1180. The molecule has 28 heavy (non-hydrogen) atoms. The minimum Gasteiger partial charge on any atom is -0.497 e. The lowest BCUT2D eigenvalue weighted by Crippen LogP contribution is -2.23. The zero-order chi connectivity index (χ0) is 19.5. The van der Waals surface area contributed by atoms with Crippen LogP contribution in [0.15, 0.2) is 57.4 Å². The van der Waals surface area contributed by atoms with Crippen molar-refractivity contribution in [1.29, 1.82) is 0 Å². The molecule has 0 spiro atoms. The van der Waals surface area contributed by atoms with Gasteiger partial charge in [-0.25, -0.2) is 0 Å². The molecule has 0 saturated heterocycles. The molecule has 0 saturated carbocycles. The number of fused-ring (bicyclic) bond motifs is 5. The van der Waals surface area contributed by atoms with Gasteiger partial charge in [-0.3, -0.25) is 0 Å². The van der Waals surface area contributed by atoms with E-state index in [4.69, 9.17) is 25.2 Å². The summed E-state index contributed by atoms with van der Waals surface area (Å²) >= 11 is 6.29. The molecule has 0 aliphatic heterocycles. The van der Waals surface area contributed by atoms with Crippen LogP contribution in [0.25, 0.3) is 22.3 Å². The number of aryl methyl sites for hydroxylation is 2. The fraction of sp³-hybridized carbons (Fsp3) is 0.250. The van der Waals surface area contributed by atoms with Gasteiger partial charge in [-0.15, -0.1) is 0 Å². The first-order valence-corrected chi connectivity index (χ1v) is 9.84. The lowest BCUT2D eigenvalue weighted by atomic mass is 9.73. The molecule has 4 aromatic rings. The second kappa shape index (κ2) is 6.18. The summed E-state index contributed by atoms with van der Waals surface area (Å²) in [6.07, 6.45) is 1.75. The van der Waals surface area contributed by atoms with Crippen LogP contribution < -0.4 is 4.74 Å². The van der Waals surface area contributed by atoms with Crippen molar-refractivity contribution in [3.8, 4) is 17.1 Å². The number of rotatable bonds is 2. The zero-order valence-electron chi connectivity index (χ0n) is 16.1. The molecule has 2 aromatic carbocycles. The van der Waals surface area contributed by atoms with Gasteiger partial charge < -0.3 is 13.6 Å². The Balaban J connectivity index is 1.76. The normalized spacial score (nSPS) is 18.6. The molecule has 1 atom stereocenters. The van der Waals surface area contributed by atoms with Crippen LogP contribution in [0.3, 0.4) is 0 Å². The summed E-state index contributed by atoms with van der Waals surface area (Å²) in [7, 11) is 1.69. The molecule has 0 N–H and O–H groups in total. The number of benzene rings is 2. The fourth-order valence-corrected chi connectivity index (χ4v) is 4.58. The van der Waals surface area contributed by atoms with E-state index >= 15 is 0 Å². The lowest BCUT2D eigenvalue weighted by Gasteiger charge is -2.29. The van der Waals surface area contributed by atoms with Crippen LogP contribution in [-0.4, -0.2) is 7.11 Å². The summed E-state index contributed by atoms with van der Waals surface area (Å²) in [5.74, 6) is 3.61.